The highest BCUT2D eigenvalue weighted by atomic mass is 16.5. The first-order valence-corrected chi connectivity index (χ1v) is 8.57. The molecule has 0 aliphatic heterocycles. The molecule has 0 fully saturated rings. The molecule has 2 aromatic carbocycles. The van der Waals surface area contributed by atoms with Crippen molar-refractivity contribution >= 4 is 34.1 Å². The molecular weight excluding hydrogens is 342 g/mol. The SMILES string of the molecule is COC(=O)Nc1ccc(CNc2nc3cc(C)nn3c3ccccc23)cc1. The molecule has 136 valence electrons. The number of amides is 1. The quantitative estimate of drug-likeness (QED) is 0.575. The lowest BCUT2D eigenvalue weighted by Gasteiger charge is -2.11. The Hall–Kier alpha value is -3.61. The van der Waals surface area contributed by atoms with E-state index in [0.29, 0.717) is 12.2 Å². The van der Waals surface area contributed by atoms with Gasteiger partial charge in [-0.25, -0.2) is 14.3 Å². The van der Waals surface area contributed by atoms with Crippen LogP contribution < -0.4 is 10.6 Å². The van der Waals surface area contributed by atoms with E-state index in [1.54, 1.807) is 0 Å². The van der Waals surface area contributed by atoms with Gasteiger partial charge in [0, 0.05) is 23.7 Å². The maximum absolute atomic E-state index is 11.2. The summed E-state index contributed by atoms with van der Waals surface area (Å²) < 4.78 is 6.45. The van der Waals surface area contributed by atoms with Crippen LogP contribution in [-0.4, -0.2) is 27.8 Å². The standard InChI is InChI=1S/C20H19N5O2/c1-13-11-18-23-19(16-5-3-4-6-17(16)25(18)24-13)21-12-14-7-9-15(10-8-14)22-20(26)27-2/h3-11H,12H2,1-2H3,(H,21,23)(H,22,26). The van der Waals surface area contributed by atoms with Crippen LogP contribution in [0.25, 0.3) is 16.6 Å². The summed E-state index contributed by atoms with van der Waals surface area (Å²) in [6.45, 7) is 2.57. The third-order valence-corrected chi connectivity index (χ3v) is 4.27. The Kier molecular flexibility index (Phi) is 4.33. The normalized spacial score (nSPS) is 10.9. The van der Waals surface area contributed by atoms with Crippen LogP contribution in [0.3, 0.4) is 0 Å². The minimum Gasteiger partial charge on any atom is -0.453 e. The van der Waals surface area contributed by atoms with Crippen LogP contribution in [0, 0.1) is 6.92 Å². The molecule has 2 aromatic heterocycles. The molecule has 0 saturated carbocycles. The first-order valence-electron chi connectivity index (χ1n) is 8.57. The molecule has 0 aliphatic carbocycles. The number of aryl methyl sites for hydroxylation is 1. The van der Waals surface area contributed by atoms with Gasteiger partial charge >= 0.3 is 6.09 Å². The Morgan fingerprint density at radius 1 is 1.15 bits per heavy atom. The zero-order valence-corrected chi connectivity index (χ0v) is 15.1. The van der Waals surface area contributed by atoms with E-state index < -0.39 is 6.09 Å². The largest absolute Gasteiger partial charge is 0.453 e. The summed E-state index contributed by atoms with van der Waals surface area (Å²) in [5.74, 6) is 0.815. The van der Waals surface area contributed by atoms with E-state index in [9.17, 15) is 4.79 Å². The fourth-order valence-corrected chi connectivity index (χ4v) is 2.97. The minimum absolute atomic E-state index is 0.485. The van der Waals surface area contributed by atoms with Crippen molar-refractivity contribution in [2.24, 2.45) is 0 Å². The molecule has 4 aromatic rings. The number of hydrogen-bond acceptors (Lipinski definition) is 5. The average molecular weight is 361 g/mol. The lowest BCUT2D eigenvalue weighted by molar-refractivity contribution is 0.187. The summed E-state index contributed by atoms with van der Waals surface area (Å²) in [4.78, 5) is 16.0. The number of carbonyl (C=O) groups is 1. The number of fused-ring (bicyclic) bond motifs is 3. The second-order valence-corrected chi connectivity index (χ2v) is 6.20. The van der Waals surface area contributed by atoms with E-state index in [4.69, 9.17) is 4.98 Å². The molecule has 0 radical (unpaired) electrons. The summed E-state index contributed by atoms with van der Waals surface area (Å²) in [6, 6.07) is 17.6. The van der Waals surface area contributed by atoms with Crippen molar-refractivity contribution in [1.29, 1.82) is 0 Å². The summed E-state index contributed by atoms with van der Waals surface area (Å²) in [5.41, 5.74) is 4.51. The number of carbonyl (C=O) groups excluding carboxylic acids is 1. The third-order valence-electron chi connectivity index (χ3n) is 4.27. The molecule has 1 amide bonds. The Morgan fingerprint density at radius 3 is 2.70 bits per heavy atom. The predicted molar refractivity (Wildman–Crippen MR) is 105 cm³/mol. The summed E-state index contributed by atoms with van der Waals surface area (Å²) in [5, 5.41) is 11.6. The first kappa shape index (κ1) is 16.8. The van der Waals surface area contributed by atoms with Gasteiger partial charge < -0.3 is 10.1 Å². The summed E-state index contributed by atoms with van der Waals surface area (Å²) in [6.07, 6.45) is -0.485. The number of nitrogens with one attached hydrogen (secondary N) is 2. The zero-order chi connectivity index (χ0) is 18.8. The molecule has 2 heterocycles. The molecule has 4 rings (SSSR count). The number of benzene rings is 2. The van der Waals surface area contributed by atoms with E-state index in [0.717, 1.165) is 33.6 Å². The van der Waals surface area contributed by atoms with Gasteiger partial charge in [-0.05, 0) is 36.8 Å². The van der Waals surface area contributed by atoms with E-state index in [1.807, 2.05) is 66.0 Å². The highest BCUT2D eigenvalue weighted by Crippen LogP contribution is 2.24. The van der Waals surface area contributed by atoms with Crippen molar-refractivity contribution in [3.63, 3.8) is 0 Å². The third kappa shape index (κ3) is 3.39. The maximum atomic E-state index is 11.2. The second kappa shape index (κ2) is 6.95. The lowest BCUT2D eigenvalue weighted by atomic mass is 10.2. The van der Waals surface area contributed by atoms with Gasteiger partial charge in [0.1, 0.15) is 5.82 Å². The molecule has 0 atom stereocenters. The van der Waals surface area contributed by atoms with Gasteiger partial charge in [-0.2, -0.15) is 5.10 Å². The van der Waals surface area contributed by atoms with Crippen LogP contribution in [0.15, 0.2) is 54.6 Å². The Morgan fingerprint density at radius 2 is 1.93 bits per heavy atom. The monoisotopic (exact) mass is 361 g/mol. The minimum atomic E-state index is -0.485. The highest BCUT2D eigenvalue weighted by Gasteiger charge is 2.10. The number of aromatic nitrogens is 3. The van der Waals surface area contributed by atoms with Crippen molar-refractivity contribution in [3.8, 4) is 0 Å². The molecule has 0 aliphatic rings. The number of rotatable bonds is 4. The van der Waals surface area contributed by atoms with Crippen LogP contribution in [0.4, 0.5) is 16.3 Å². The van der Waals surface area contributed by atoms with Crippen LogP contribution in [0.2, 0.25) is 0 Å². The van der Waals surface area contributed by atoms with Crippen molar-refractivity contribution in [3.05, 3.63) is 65.9 Å². The summed E-state index contributed by atoms with van der Waals surface area (Å²) in [7, 11) is 1.34. The molecule has 0 unspecified atom stereocenters. The molecular formula is C20H19N5O2. The van der Waals surface area contributed by atoms with Crippen LogP contribution in [0.1, 0.15) is 11.3 Å². The van der Waals surface area contributed by atoms with E-state index >= 15 is 0 Å². The molecule has 27 heavy (non-hydrogen) atoms. The van der Waals surface area contributed by atoms with Crippen molar-refractivity contribution in [2.75, 3.05) is 17.7 Å². The van der Waals surface area contributed by atoms with Crippen LogP contribution in [0.5, 0.6) is 0 Å². The van der Waals surface area contributed by atoms with Gasteiger partial charge in [0.05, 0.1) is 18.3 Å². The van der Waals surface area contributed by atoms with Crippen LogP contribution in [-0.2, 0) is 11.3 Å². The van der Waals surface area contributed by atoms with Crippen molar-refractivity contribution in [1.82, 2.24) is 14.6 Å². The topological polar surface area (TPSA) is 80.5 Å². The molecule has 2 N–H and O–H groups in total. The van der Waals surface area contributed by atoms with Crippen LogP contribution >= 0.6 is 0 Å². The number of nitrogens with zero attached hydrogens (tertiary/aromatic N) is 3. The Balaban J connectivity index is 1.59. The molecule has 0 spiro atoms. The number of ether oxygens (including phenoxy) is 1. The van der Waals surface area contributed by atoms with E-state index in [-0.39, 0.29) is 0 Å². The number of anilines is 2. The van der Waals surface area contributed by atoms with Crippen molar-refractivity contribution in [2.45, 2.75) is 13.5 Å². The fraction of sp³-hybridized carbons (Fsp3) is 0.150. The van der Waals surface area contributed by atoms with Crippen molar-refractivity contribution < 1.29 is 9.53 Å². The molecule has 7 heteroatoms. The number of para-hydroxylation sites is 1. The molecule has 7 nitrogen and oxygen atoms in total. The summed E-state index contributed by atoms with van der Waals surface area (Å²) >= 11 is 0. The van der Waals surface area contributed by atoms with E-state index in [1.165, 1.54) is 7.11 Å². The Bertz CT molecular complexity index is 1120. The zero-order valence-electron chi connectivity index (χ0n) is 15.1. The molecule has 0 bridgehead atoms. The highest BCUT2D eigenvalue weighted by molar-refractivity contribution is 5.91. The van der Waals surface area contributed by atoms with Gasteiger partial charge in [-0.1, -0.05) is 24.3 Å². The second-order valence-electron chi connectivity index (χ2n) is 6.20. The van der Waals surface area contributed by atoms with Gasteiger partial charge in [-0.15, -0.1) is 0 Å². The van der Waals surface area contributed by atoms with Gasteiger partial charge in [-0.3, -0.25) is 5.32 Å². The Labute approximate surface area is 156 Å². The van der Waals surface area contributed by atoms with Gasteiger partial charge in [0.15, 0.2) is 5.65 Å². The number of hydrogen-bond donors (Lipinski definition) is 2. The average Bonchev–Trinajstić information content (AvgIpc) is 3.07. The van der Waals surface area contributed by atoms with Gasteiger partial charge in [0.2, 0.25) is 0 Å². The fourth-order valence-electron chi connectivity index (χ4n) is 2.97. The first-order chi connectivity index (χ1) is 13.1. The number of methoxy groups -OCH3 is 1. The maximum Gasteiger partial charge on any atom is 0.411 e. The van der Waals surface area contributed by atoms with E-state index in [2.05, 4.69) is 20.5 Å². The molecule has 0 saturated heterocycles. The predicted octanol–water partition coefficient (Wildman–Crippen LogP) is 3.98. The smallest absolute Gasteiger partial charge is 0.411 e. The lowest BCUT2D eigenvalue weighted by Crippen LogP contribution is -2.11. The van der Waals surface area contributed by atoms with Gasteiger partial charge in [0.25, 0.3) is 0 Å².